The van der Waals surface area contributed by atoms with E-state index in [0.29, 0.717) is 6.17 Å². The van der Waals surface area contributed by atoms with Crippen molar-refractivity contribution in [2.45, 2.75) is 26.1 Å². The van der Waals surface area contributed by atoms with Crippen molar-refractivity contribution in [3.05, 3.63) is 29.8 Å². The van der Waals surface area contributed by atoms with E-state index in [9.17, 15) is 0 Å². The first-order valence-corrected chi connectivity index (χ1v) is 5.42. The molecule has 0 amide bonds. The summed E-state index contributed by atoms with van der Waals surface area (Å²) in [5.41, 5.74) is 2.89. The van der Waals surface area contributed by atoms with Gasteiger partial charge in [0.1, 0.15) is 0 Å². The summed E-state index contributed by atoms with van der Waals surface area (Å²) in [6.45, 7) is 4.57. The highest BCUT2D eigenvalue weighted by Crippen LogP contribution is 2.33. The van der Waals surface area contributed by atoms with Crippen molar-refractivity contribution in [2.75, 3.05) is 11.4 Å². The van der Waals surface area contributed by atoms with Crippen LogP contribution in [0, 0.1) is 5.92 Å². The Bertz CT molecular complexity index is 348. The Morgan fingerprint density at radius 2 is 2.21 bits per heavy atom. The fraction of sp³-hybridized carbons (Fsp3) is 0.500. The van der Waals surface area contributed by atoms with Crippen LogP contribution in [0.4, 0.5) is 5.69 Å². The molecule has 0 aliphatic carbocycles. The van der Waals surface area contributed by atoms with Crippen molar-refractivity contribution in [3.63, 3.8) is 0 Å². The molecule has 0 saturated carbocycles. The maximum Gasteiger partial charge on any atom is 0.0801 e. The zero-order chi connectivity index (χ0) is 9.54. The topological polar surface area (TPSA) is 15.3 Å². The average Bonchev–Trinajstić information content (AvgIpc) is 2.59. The van der Waals surface area contributed by atoms with Gasteiger partial charge < -0.3 is 4.90 Å². The van der Waals surface area contributed by atoms with E-state index in [4.69, 9.17) is 0 Å². The van der Waals surface area contributed by atoms with Crippen LogP contribution in [0.25, 0.3) is 0 Å². The molecule has 2 atom stereocenters. The summed E-state index contributed by atoms with van der Waals surface area (Å²) < 4.78 is 0. The highest BCUT2D eigenvalue weighted by molar-refractivity contribution is 5.56. The first-order chi connectivity index (χ1) is 6.84. The molecular weight excluding hydrogens is 172 g/mol. The van der Waals surface area contributed by atoms with Crippen molar-refractivity contribution in [1.29, 1.82) is 0 Å². The van der Waals surface area contributed by atoms with Gasteiger partial charge in [-0.05, 0) is 24.0 Å². The number of para-hydroxylation sites is 1. The highest BCUT2D eigenvalue weighted by atomic mass is 15.3. The molecule has 2 aliphatic rings. The number of fused-ring (bicyclic) bond motifs is 3. The van der Waals surface area contributed by atoms with Crippen LogP contribution >= 0.6 is 0 Å². The number of hydrogen-bond donors (Lipinski definition) is 1. The molecule has 0 radical (unpaired) electrons. The standard InChI is InChI=1S/C12H16N2/c1-9-6-12-13-7-10-4-2-3-5-11(10)14(12)8-9/h2-5,9,12-13H,6-8H2,1H3. The smallest absolute Gasteiger partial charge is 0.0801 e. The van der Waals surface area contributed by atoms with Crippen molar-refractivity contribution < 1.29 is 0 Å². The maximum atomic E-state index is 3.59. The zero-order valence-electron chi connectivity index (χ0n) is 8.53. The Balaban J connectivity index is 2.01. The normalized spacial score (nSPS) is 29.9. The Kier molecular flexibility index (Phi) is 1.77. The van der Waals surface area contributed by atoms with Crippen LogP contribution in [-0.2, 0) is 6.54 Å². The molecule has 2 heteroatoms. The van der Waals surface area contributed by atoms with Crippen molar-refractivity contribution >= 4 is 5.69 Å². The van der Waals surface area contributed by atoms with Gasteiger partial charge in [-0.2, -0.15) is 0 Å². The molecule has 2 heterocycles. The van der Waals surface area contributed by atoms with Crippen molar-refractivity contribution in [1.82, 2.24) is 5.32 Å². The molecule has 1 fully saturated rings. The minimum absolute atomic E-state index is 0.583. The molecule has 0 aromatic heterocycles. The number of anilines is 1. The van der Waals surface area contributed by atoms with E-state index in [1.54, 1.807) is 0 Å². The summed E-state index contributed by atoms with van der Waals surface area (Å²) >= 11 is 0. The Morgan fingerprint density at radius 3 is 3.14 bits per heavy atom. The quantitative estimate of drug-likeness (QED) is 0.669. The van der Waals surface area contributed by atoms with Crippen LogP contribution in [0.1, 0.15) is 18.9 Å². The molecule has 2 unspecified atom stereocenters. The third-order valence-electron chi connectivity index (χ3n) is 3.34. The van der Waals surface area contributed by atoms with Crippen LogP contribution in [-0.4, -0.2) is 12.7 Å². The van der Waals surface area contributed by atoms with Crippen molar-refractivity contribution in [2.24, 2.45) is 5.92 Å². The van der Waals surface area contributed by atoms with Gasteiger partial charge in [-0.15, -0.1) is 0 Å². The van der Waals surface area contributed by atoms with E-state index in [1.165, 1.54) is 24.2 Å². The van der Waals surface area contributed by atoms with Gasteiger partial charge in [0, 0.05) is 18.8 Å². The summed E-state index contributed by atoms with van der Waals surface area (Å²) in [6.07, 6.45) is 1.87. The largest absolute Gasteiger partial charge is 0.355 e. The summed E-state index contributed by atoms with van der Waals surface area (Å²) in [4.78, 5) is 2.52. The Labute approximate surface area is 84.9 Å². The minimum Gasteiger partial charge on any atom is -0.355 e. The molecule has 74 valence electrons. The maximum absolute atomic E-state index is 3.59. The Hall–Kier alpha value is -1.02. The predicted molar refractivity (Wildman–Crippen MR) is 58.2 cm³/mol. The summed E-state index contributed by atoms with van der Waals surface area (Å²) in [7, 11) is 0. The number of hydrogen-bond acceptors (Lipinski definition) is 2. The van der Waals surface area contributed by atoms with E-state index >= 15 is 0 Å². The lowest BCUT2D eigenvalue weighted by molar-refractivity contribution is 0.486. The second-order valence-corrected chi connectivity index (χ2v) is 4.52. The van der Waals surface area contributed by atoms with Gasteiger partial charge in [-0.3, -0.25) is 5.32 Å². The molecule has 0 spiro atoms. The average molecular weight is 188 g/mol. The van der Waals surface area contributed by atoms with Crippen LogP contribution in [0.3, 0.4) is 0 Å². The predicted octanol–water partition coefficient (Wildman–Crippen LogP) is 1.96. The second-order valence-electron chi connectivity index (χ2n) is 4.52. The monoisotopic (exact) mass is 188 g/mol. The van der Waals surface area contributed by atoms with Gasteiger partial charge in [0.05, 0.1) is 6.17 Å². The highest BCUT2D eigenvalue weighted by Gasteiger charge is 2.33. The van der Waals surface area contributed by atoms with Crippen LogP contribution in [0.5, 0.6) is 0 Å². The lowest BCUT2D eigenvalue weighted by Gasteiger charge is -2.34. The van der Waals surface area contributed by atoms with Crippen LogP contribution in [0.2, 0.25) is 0 Å². The molecule has 1 N–H and O–H groups in total. The van der Waals surface area contributed by atoms with Crippen molar-refractivity contribution in [3.8, 4) is 0 Å². The summed E-state index contributed by atoms with van der Waals surface area (Å²) in [5.74, 6) is 0.818. The molecule has 0 bridgehead atoms. The first-order valence-electron chi connectivity index (χ1n) is 5.42. The molecule has 3 rings (SSSR count). The molecule has 1 aromatic carbocycles. The van der Waals surface area contributed by atoms with Gasteiger partial charge in [0.25, 0.3) is 0 Å². The summed E-state index contributed by atoms with van der Waals surface area (Å²) in [6, 6.07) is 8.74. The summed E-state index contributed by atoms with van der Waals surface area (Å²) in [5, 5.41) is 3.59. The Morgan fingerprint density at radius 1 is 1.36 bits per heavy atom. The third-order valence-corrected chi connectivity index (χ3v) is 3.34. The first kappa shape index (κ1) is 8.30. The molecule has 2 nitrogen and oxygen atoms in total. The third kappa shape index (κ3) is 1.14. The SMILES string of the molecule is CC1CC2NCc3ccccc3N2C1. The lowest BCUT2D eigenvalue weighted by atomic mass is 10.1. The molecule has 14 heavy (non-hydrogen) atoms. The molecule has 1 aromatic rings. The number of rotatable bonds is 0. The van der Waals surface area contributed by atoms with E-state index in [2.05, 4.69) is 41.4 Å². The molecular formula is C12H16N2. The fourth-order valence-corrected chi connectivity index (χ4v) is 2.67. The number of nitrogens with zero attached hydrogens (tertiary/aromatic N) is 1. The second kappa shape index (κ2) is 2.99. The van der Waals surface area contributed by atoms with Crippen LogP contribution < -0.4 is 10.2 Å². The zero-order valence-corrected chi connectivity index (χ0v) is 8.53. The van der Waals surface area contributed by atoms with Crippen LogP contribution in [0.15, 0.2) is 24.3 Å². The van der Waals surface area contributed by atoms with Gasteiger partial charge in [-0.1, -0.05) is 25.1 Å². The lowest BCUT2D eigenvalue weighted by Crippen LogP contribution is -2.45. The molecule has 1 saturated heterocycles. The van der Waals surface area contributed by atoms with E-state index < -0.39 is 0 Å². The van der Waals surface area contributed by atoms with Gasteiger partial charge in [0.2, 0.25) is 0 Å². The number of benzene rings is 1. The molecule has 2 aliphatic heterocycles. The number of nitrogens with one attached hydrogen (secondary N) is 1. The fourth-order valence-electron chi connectivity index (χ4n) is 2.67. The van der Waals surface area contributed by atoms with E-state index in [-0.39, 0.29) is 0 Å². The van der Waals surface area contributed by atoms with E-state index in [1.807, 2.05) is 0 Å². The van der Waals surface area contributed by atoms with Gasteiger partial charge in [-0.25, -0.2) is 0 Å². The minimum atomic E-state index is 0.583. The van der Waals surface area contributed by atoms with Gasteiger partial charge >= 0.3 is 0 Å². The van der Waals surface area contributed by atoms with Gasteiger partial charge in [0.15, 0.2) is 0 Å². The van der Waals surface area contributed by atoms with E-state index in [0.717, 1.165) is 12.5 Å².